The molecule has 1 aliphatic carbocycles. The Morgan fingerprint density at radius 1 is 0.373 bits per heavy atom. The standard InChI is InChI=1S/C57H40N2/c1-57(2)50-21-13-20-44(39-16-7-4-8-17-39)56(50)47-31-30-43(36-51(47)57)59-53-23-12-10-19-46(53)49-35-41(27-33-55(49)59)40-26-32-54-48(34-40)45-18-9-11-22-52(45)58(54)42-28-24-38(25-29-42)37-14-5-3-6-15-37/h3-36H,1-2H3/i4D,7D,8D,16D,17D. The SMILES string of the molecule is [2H]c1c([2H])c([2H])c(-c2cccc3c2-c2ccc(-n4c5ccccc5c5cc(-c6ccc7c(c6)c6ccccc6n7-c6ccc(-c7ccccc7)cc6)ccc54)cc2C3(C)C)c([2H])c1[2H]. The first kappa shape index (κ1) is 28.9. The fourth-order valence-corrected chi connectivity index (χ4v) is 9.80. The van der Waals surface area contributed by atoms with Gasteiger partial charge in [-0.3, -0.25) is 0 Å². The van der Waals surface area contributed by atoms with E-state index in [1.807, 2.05) is 18.2 Å². The van der Waals surface area contributed by atoms with E-state index in [1.165, 1.54) is 38.2 Å². The van der Waals surface area contributed by atoms with E-state index in [-0.39, 0.29) is 35.8 Å². The Hall–Kier alpha value is -7.42. The summed E-state index contributed by atoms with van der Waals surface area (Å²) in [7, 11) is 0. The van der Waals surface area contributed by atoms with Crippen LogP contribution in [-0.2, 0) is 5.41 Å². The molecule has 0 unspecified atom stereocenters. The summed E-state index contributed by atoms with van der Waals surface area (Å²) in [6, 6.07) is 61.3. The molecule has 9 aromatic carbocycles. The highest BCUT2D eigenvalue weighted by Gasteiger charge is 2.37. The maximum Gasteiger partial charge on any atom is 0.0629 e. The van der Waals surface area contributed by atoms with Crippen molar-refractivity contribution in [3.05, 3.63) is 217 Å². The van der Waals surface area contributed by atoms with Crippen LogP contribution in [0, 0.1) is 0 Å². The second-order valence-electron chi connectivity index (χ2n) is 16.2. The first-order chi connectivity index (χ1) is 31.1. The van der Waals surface area contributed by atoms with Gasteiger partial charge >= 0.3 is 0 Å². The maximum absolute atomic E-state index is 8.82. The summed E-state index contributed by atoms with van der Waals surface area (Å²) in [6.07, 6.45) is 0. The molecule has 0 spiro atoms. The minimum absolute atomic E-state index is 0.191. The number of aromatic nitrogens is 2. The molecule has 0 fully saturated rings. The third-order valence-corrected chi connectivity index (χ3v) is 12.6. The predicted octanol–water partition coefficient (Wildman–Crippen LogP) is 15.2. The lowest BCUT2D eigenvalue weighted by Gasteiger charge is -2.22. The van der Waals surface area contributed by atoms with E-state index in [1.54, 1.807) is 0 Å². The number of hydrogen-bond donors (Lipinski definition) is 0. The predicted molar refractivity (Wildman–Crippen MR) is 249 cm³/mol. The molecule has 0 atom stereocenters. The van der Waals surface area contributed by atoms with Crippen molar-refractivity contribution < 1.29 is 6.85 Å². The Kier molecular flexibility index (Phi) is 6.27. The molecule has 0 bridgehead atoms. The van der Waals surface area contributed by atoms with Crippen LogP contribution in [0.25, 0.3) is 99.5 Å². The van der Waals surface area contributed by atoms with Crippen molar-refractivity contribution in [1.29, 1.82) is 0 Å². The third-order valence-electron chi connectivity index (χ3n) is 12.6. The number of fused-ring (bicyclic) bond motifs is 9. The molecule has 2 nitrogen and oxygen atoms in total. The first-order valence-corrected chi connectivity index (χ1v) is 20.2. The summed E-state index contributed by atoms with van der Waals surface area (Å²) in [5.74, 6) is 0. The van der Waals surface area contributed by atoms with Gasteiger partial charge in [-0.1, -0.05) is 159 Å². The van der Waals surface area contributed by atoms with Crippen LogP contribution < -0.4 is 0 Å². The Labute approximate surface area is 350 Å². The Balaban J connectivity index is 0.973. The normalized spacial score (nSPS) is 14.2. The Morgan fingerprint density at radius 3 is 1.58 bits per heavy atom. The van der Waals surface area contributed by atoms with Crippen molar-refractivity contribution in [2.24, 2.45) is 0 Å². The van der Waals surface area contributed by atoms with Crippen molar-refractivity contribution in [2.75, 3.05) is 0 Å². The van der Waals surface area contributed by atoms with E-state index in [0.717, 1.165) is 61.3 Å². The van der Waals surface area contributed by atoms with Crippen molar-refractivity contribution in [1.82, 2.24) is 9.13 Å². The average molecular weight is 758 g/mol. The molecule has 2 aromatic heterocycles. The van der Waals surface area contributed by atoms with Crippen molar-refractivity contribution in [3.8, 4) is 55.9 Å². The molecule has 59 heavy (non-hydrogen) atoms. The van der Waals surface area contributed by atoms with Gasteiger partial charge in [0.25, 0.3) is 0 Å². The minimum atomic E-state index is -0.413. The number of benzene rings is 9. The van der Waals surface area contributed by atoms with Crippen LogP contribution in [0.15, 0.2) is 206 Å². The number of para-hydroxylation sites is 2. The Morgan fingerprint density at radius 2 is 0.915 bits per heavy atom. The third kappa shape index (κ3) is 5.06. The largest absolute Gasteiger partial charge is 0.309 e. The zero-order valence-corrected chi connectivity index (χ0v) is 32.6. The van der Waals surface area contributed by atoms with Crippen LogP contribution in [0.5, 0.6) is 0 Å². The second kappa shape index (κ2) is 12.8. The van der Waals surface area contributed by atoms with Crippen LogP contribution in [-0.4, -0.2) is 9.13 Å². The van der Waals surface area contributed by atoms with Gasteiger partial charge in [0.05, 0.1) is 28.9 Å². The van der Waals surface area contributed by atoms with Crippen LogP contribution in [0.3, 0.4) is 0 Å². The molecule has 0 aliphatic heterocycles. The molecule has 2 heteroatoms. The highest BCUT2D eigenvalue weighted by molar-refractivity contribution is 6.13. The molecule has 0 saturated carbocycles. The van der Waals surface area contributed by atoms with E-state index >= 15 is 0 Å². The summed E-state index contributed by atoms with van der Waals surface area (Å²) >= 11 is 0. The smallest absolute Gasteiger partial charge is 0.0629 e. The quantitative estimate of drug-likeness (QED) is 0.165. The highest BCUT2D eigenvalue weighted by atomic mass is 15.0. The van der Waals surface area contributed by atoms with Gasteiger partial charge in [0.2, 0.25) is 0 Å². The van der Waals surface area contributed by atoms with Crippen LogP contribution >= 0.6 is 0 Å². The number of hydrogen-bond acceptors (Lipinski definition) is 0. The van der Waals surface area contributed by atoms with Gasteiger partial charge in [0.15, 0.2) is 0 Å². The van der Waals surface area contributed by atoms with E-state index < -0.39 is 5.41 Å². The minimum Gasteiger partial charge on any atom is -0.309 e. The van der Waals surface area contributed by atoms with E-state index in [2.05, 4.69) is 181 Å². The van der Waals surface area contributed by atoms with E-state index in [0.29, 0.717) is 5.56 Å². The topological polar surface area (TPSA) is 9.86 Å². The van der Waals surface area contributed by atoms with Gasteiger partial charge in [-0.25, -0.2) is 0 Å². The molecule has 11 aromatic rings. The molecule has 0 N–H and O–H groups in total. The molecule has 0 radical (unpaired) electrons. The molecule has 278 valence electrons. The van der Waals surface area contributed by atoms with Crippen molar-refractivity contribution >= 4 is 43.6 Å². The highest BCUT2D eigenvalue weighted by Crippen LogP contribution is 2.53. The summed E-state index contributed by atoms with van der Waals surface area (Å²) in [5, 5.41) is 4.76. The number of nitrogens with zero attached hydrogens (tertiary/aromatic N) is 2. The fourth-order valence-electron chi connectivity index (χ4n) is 9.80. The molecule has 2 heterocycles. The lowest BCUT2D eigenvalue weighted by Crippen LogP contribution is -2.15. The summed E-state index contributed by atoms with van der Waals surface area (Å²) in [5.41, 5.74) is 16.0. The Bertz CT molecular complexity index is 3720. The molecular formula is C57H40N2. The lowest BCUT2D eigenvalue weighted by atomic mass is 9.82. The molecule has 0 amide bonds. The van der Waals surface area contributed by atoms with Gasteiger partial charge in [0, 0.05) is 38.3 Å². The molecular weight excluding hydrogens is 713 g/mol. The maximum atomic E-state index is 8.82. The summed E-state index contributed by atoms with van der Waals surface area (Å²) in [6.45, 7) is 4.42. The average Bonchev–Trinajstić information content (AvgIpc) is 3.93. The zero-order chi connectivity index (χ0) is 43.6. The molecule has 1 aliphatic rings. The fraction of sp³-hybridized carbons (Fsp3) is 0.0526. The van der Waals surface area contributed by atoms with Gasteiger partial charge < -0.3 is 9.13 Å². The van der Waals surface area contributed by atoms with E-state index in [4.69, 9.17) is 6.85 Å². The molecule has 0 saturated heterocycles. The van der Waals surface area contributed by atoms with Gasteiger partial charge in [-0.15, -0.1) is 0 Å². The zero-order valence-electron chi connectivity index (χ0n) is 37.6. The summed E-state index contributed by atoms with van der Waals surface area (Å²) in [4.78, 5) is 0. The van der Waals surface area contributed by atoms with Crippen molar-refractivity contribution in [3.63, 3.8) is 0 Å². The first-order valence-electron chi connectivity index (χ1n) is 22.7. The van der Waals surface area contributed by atoms with E-state index in [9.17, 15) is 0 Å². The lowest BCUT2D eigenvalue weighted by molar-refractivity contribution is 0.660. The van der Waals surface area contributed by atoms with Crippen LogP contribution in [0.1, 0.15) is 31.8 Å². The van der Waals surface area contributed by atoms with Crippen LogP contribution in [0.2, 0.25) is 0 Å². The molecule has 12 rings (SSSR count). The second-order valence-corrected chi connectivity index (χ2v) is 16.2. The van der Waals surface area contributed by atoms with Gasteiger partial charge in [-0.2, -0.15) is 0 Å². The van der Waals surface area contributed by atoms with Crippen LogP contribution in [0.4, 0.5) is 0 Å². The summed E-state index contributed by atoms with van der Waals surface area (Å²) < 4.78 is 47.4. The van der Waals surface area contributed by atoms with Gasteiger partial charge in [-0.05, 0) is 116 Å². The van der Waals surface area contributed by atoms with Gasteiger partial charge in [0.1, 0.15) is 0 Å². The van der Waals surface area contributed by atoms with Crippen molar-refractivity contribution in [2.45, 2.75) is 19.3 Å². The number of rotatable bonds is 5. The monoisotopic (exact) mass is 757 g/mol.